The summed E-state index contributed by atoms with van der Waals surface area (Å²) in [5, 5.41) is 0.759. The Hall–Kier alpha value is -2.04. The number of rotatable bonds is 2. The Balaban J connectivity index is 1.84. The minimum absolute atomic E-state index is 0.0975. The molecule has 0 saturated carbocycles. The number of benzene rings is 2. The predicted octanol–water partition coefficient (Wildman–Crippen LogP) is 4.49. The van der Waals surface area contributed by atoms with Gasteiger partial charge in [-0.15, -0.1) is 0 Å². The second-order valence-corrected chi connectivity index (χ2v) is 7.48. The monoisotopic (exact) mass is 390 g/mol. The molecule has 0 aromatic heterocycles. The molecule has 2 amide bonds. The van der Waals surface area contributed by atoms with Crippen LogP contribution >= 0.6 is 23.2 Å². The van der Waals surface area contributed by atoms with Gasteiger partial charge in [-0.25, -0.2) is 0 Å². The summed E-state index contributed by atoms with van der Waals surface area (Å²) in [5.41, 5.74) is 3.44. The van der Waals surface area contributed by atoms with Crippen molar-refractivity contribution in [2.45, 2.75) is 26.8 Å². The maximum absolute atomic E-state index is 12.9. The lowest BCUT2D eigenvalue weighted by atomic mass is 10.1. The summed E-state index contributed by atoms with van der Waals surface area (Å²) in [5.74, 6) is -0.354. The van der Waals surface area contributed by atoms with Gasteiger partial charge in [0.05, 0.1) is 10.6 Å². The fraction of sp³-hybridized carbons (Fsp3) is 0.300. The van der Waals surface area contributed by atoms with E-state index in [0.29, 0.717) is 28.7 Å². The molecular formula is C20H20Cl2N2O2. The summed E-state index contributed by atoms with van der Waals surface area (Å²) >= 11 is 12.1. The molecule has 1 heterocycles. The highest BCUT2D eigenvalue weighted by Gasteiger charge is 2.36. The second kappa shape index (κ2) is 7.29. The molecule has 1 aliphatic rings. The van der Waals surface area contributed by atoms with Crippen molar-refractivity contribution in [3.05, 3.63) is 63.1 Å². The first-order valence-electron chi connectivity index (χ1n) is 8.43. The van der Waals surface area contributed by atoms with Gasteiger partial charge >= 0.3 is 0 Å². The lowest BCUT2D eigenvalue weighted by molar-refractivity contribution is -0.124. The van der Waals surface area contributed by atoms with E-state index in [9.17, 15) is 9.59 Å². The van der Waals surface area contributed by atoms with Gasteiger partial charge in [0.25, 0.3) is 5.91 Å². The normalized spacial score (nSPS) is 17.6. The number of anilines is 1. The highest BCUT2D eigenvalue weighted by Crippen LogP contribution is 2.27. The molecule has 1 saturated heterocycles. The number of piperazine rings is 1. The molecule has 1 fully saturated rings. The number of nitrogens with zero attached hydrogens (tertiary/aromatic N) is 2. The van der Waals surface area contributed by atoms with Gasteiger partial charge in [0.2, 0.25) is 5.91 Å². The molecule has 0 aliphatic carbocycles. The average molecular weight is 391 g/mol. The van der Waals surface area contributed by atoms with Crippen LogP contribution in [0.4, 0.5) is 5.69 Å². The van der Waals surface area contributed by atoms with Crippen LogP contribution in [0.5, 0.6) is 0 Å². The van der Waals surface area contributed by atoms with Crippen molar-refractivity contribution in [2.24, 2.45) is 0 Å². The Labute approximate surface area is 163 Å². The van der Waals surface area contributed by atoms with E-state index >= 15 is 0 Å². The summed E-state index contributed by atoms with van der Waals surface area (Å²) in [6, 6.07) is 10.2. The van der Waals surface area contributed by atoms with Crippen LogP contribution in [0.1, 0.15) is 28.4 Å². The summed E-state index contributed by atoms with van der Waals surface area (Å²) in [6.07, 6.45) is 0. The minimum atomic E-state index is -0.566. The van der Waals surface area contributed by atoms with Crippen LogP contribution in [0.3, 0.4) is 0 Å². The van der Waals surface area contributed by atoms with Crippen molar-refractivity contribution in [1.29, 1.82) is 0 Å². The summed E-state index contributed by atoms with van der Waals surface area (Å²) in [4.78, 5) is 29.1. The van der Waals surface area contributed by atoms with Gasteiger partial charge < -0.3 is 9.80 Å². The van der Waals surface area contributed by atoms with E-state index in [2.05, 4.69) is 6.07 Å². The fourth-order valence-electron chi connectivity index (χ4n) is 3.33. The first kappa shape index (κ1) is 18.7. The van der Waals surface area contributed by atoms with E-state index in [1.54, 1.807) is 28.9 Å². The topological polar surface area (TPSA) is 40.6 Å². The third-order valence-corrected chi connectivity index (χ3v) is 5.14. The number of amides is 2. The lowest BCUT2D eigenvalue weighted by Crippen LogP contribution is -2.57. The number of hydrogen-bond acceptors (Lipinski definition) is 2. The zero-order valence-electron chi connectivity index (χ0n) is 14.9. The molecule has 1 unspecified atom stereocenters. The molecule has 1 aliphatic heterocycles. The van der Waals surface area contributed by atoms with Gasteiger partial charge in [0.15, 0.2) is 0 Å². The van der Waals surface area contributed by atoms with Gasteiger partial charge in [-0.3, -0.25) is 9.59 Å². The highest BCUT2D eigenvalue weighted by molar-refractivity contribution is 6.36. The van der Waals surface area contributed by atoms with Gasteiger partial charge in [0.1, 0.15) is 6.04 Å². The zero-order valence-corrected chi connectivity index (χ0v) is 16.4. The Morgan fingerprint density at radius 3 is 2.31 bits per heavy atom. The standard InChI is InChI=1S/C20H20Cl2N2O2/c1-12-8-13(2)10-16(9-12)24-7-6-23(14(3)19(24)25)20(26)17-5-4-15(21)11-18(17)22/h4-5,8-11,14H,6-7H2,1-3H3. The maximum Gasteiger partial charge on any atom is 0.256 e. The predicted molar refractivity (Wildman–Crippen MR) is 105 cm³/mol. The van der Waals surface area contributed by atoms with Crippen LogP contribution in [0.15, 0.2) is 36.4 Å². The van der Waals surface area contributed by atoms with Crippen molar-refractivity contribution >= 4 is 40.7 Å². The molecule has 3 rings (SSSR count). The molecule has 4 nitrogen and oxygen atoms in total. The van der Waals surface area contributed by atoms with E-state index in [1.165, 1.54) is 6.07 Å². The first-order valence-corrected chi connectivity index (χ1v) is 9.19. The van der Waals surface area contributed by atoms with E-state index in [0.717, 1.165) is 16.8 Å². The molecule has 0 bridgehead atoms. The number of carbonyl (C=O) groups excluding carboxylic acids is 2. The number of hydrogen-bond donors (Lipinski definition) is 0. The van der Waals surface area contributed by atoms with Crippen LogP contribution < -0.4 is 4.90 Å². The van der Waals surface area contributed by atoms with Gasteiger partial charge in [-0.1, -0.05) is 29.3 Å². The number of aryl methyl sites for hydroxylation is 2. The minimum Gasteiger partial charge on any atom is -0.325 e. The molecule has 2 aromatic rings. The molecular weight excluding hydrogens is 371 g/mol. The maximum atomic E-state index is 12.9. The second-order valence-electron chi connectivity index (χ2n) is 6.63. The molecule has 6 heteroatoms. The summed E-state index contributed by atoms with van der Waals surface area (Å²) in [6.45, 7) is 6.65. The van der Waals surface area contributed by atoms with Crippen LogP contribution in [-0.4, -0.2) is 35.8 Å². The van der Waals surface area contributed by atoms with Crippen LogP contribution in [-0.2, 0) is 4.79 Å². The van der Waals surface area contributed by atoms with Gasteiger partial charge in [0, 0.05) is 23.8 Å². The SMILES string of the molecule is Cc1cc(C)cc(N2CCN(C(=O)c3ccc(Cl)cc3Cl)C(C)C2=O)c1. The van der Waals surface area contributed by atoms with Gasteiger partial charge in [-0.05, 0) is 62.2 Å². The Morgan fingerprint density at radius 2 is 1.69 bits per heavy atom. The van der Waals surface area contributed by atoms with Crippen LogP contribution in [0.2, 0.25) is 10.0 Å². The highest BCUT2D eigenvalue weighted by atomic mass is 35.5. The number of halogens is 2. The fourth-order valence-corrected chi connectivity index (χ4v) is 3.82. The zero-order chi connectivity index (χ0) is 19.0. The van der Waals surface area contributed by atoms with Crippen molar-refractivity contribution < 1.29 is 9.59 Å². The van der Waals surface area contributed by atoms with Gasteiger partial charge in [-0.2, -0.15) is 0 Å². The Kier molecular flexibility index (Phi) is 5.26. The van der Waals surface area contributed by atoms with Crippen LogP contribution in [0, 0.1) is 13.8 Å². The molecule has 0 N–H and O–H groups in total. The molecule has 0 radical (unpaired) electrons. The first-order chi connectivity index (χ1) is 12.3. The molecule has 1 atom stereocenters. The molecule has 136 valence electrons. The van der Waals surface area contributed by atoms with Crippen molar-refractivity contribution in [3.63, 3.8) is 0 Å². The smallest absolute Gasteiger partial charge is 0.256 e. The number of carbonyl (C=O) groups is 2. The summed E-state index contributed by atoms with van der Waals surface area (Å²) < 4.78 is 0. The third kappa shape index (κ3) is 3.57. The quantitative estimate of drug-likeness (QED) is 0.757. The molecule has 0 spiro atoms. The third-order valence-electron chi connectivity index (χ3n) is 4.60. The summed E-state index contributed by atoms with van der Waals surface area (Å²) in [7, 11) is 0. The van der Waals surface area contributed by atoms with E-state index in [1.807, 2.05) is 26.0 Å². The Bertz CT molecular complexity index is 862. The Morgan fingerprint density at radius 1 is 1.04 bits per heavy atom. The van der Waals surface area contributed by atoms with E-state index in [4.69, 9.17) is 23.2 Å². The van der Waals surface area contributed by atoms with Crippen molar-refractivity contribution in [1.82, 2.24) is 4.90 Å². The average Bonchev–Trinajstić information content (AvgIpc) is 2.56. The molecule has 2 aromatic carbocycles. The van der Waals surface area contributed by atoms with Crippen LogP contribution in [0.25, 0.3) is 0 Å². The van der Waals surface area contributed by atoms with Crippen molar-refractivity contribution in [3.8, 4) is 0 Å². The van der Waals surface area contributed by atoms with E-state index in [-0.39, 0.29) is 11.8 Å². The molecule has 26 heavy (non-hydrogen) atoms. The lowest BCUT2D eigenvalue weighted by Gasteiger charge is -2.39. The largest absolute Gasteiger partial charge is 0.325 e. The van der Waals surface area contributed by atoms with Crippen molar-refractivity contribution in [2.75, 3.05) is 18.0 Å². The van der Waals surface area contributed by atoms with E-state index < -0.39 is 6.04 Å².